The molecule has 1 N–H and O–H groups in total. The first-order valence-corrected chi connectivity index (χ1v) is 14.9. The predicted molar refractivity (Wildman–Crippen MR) is 156 cm³/mol. The van der Waals surface area contributed by atoms with Gasteiger partial charge in [-0.25, -0.2) is 12.8 Å². The van der Waals surface area contributed by atoms with Crippen LogP contribution in [0.3, 0.4) is 0 Å². The van der Waals surface area contributed by atoms with Crippen LogP contribution in [0.5, 0.6) is 0 Å². The Morgan fingerprint density at radius 3 is 2.08 bits per heavy atom. The van der Waals surface area contributed by atoms with Crippen molar-refractivity contribution in [3.8, 4) is 0 Å². The zero-order valence-corrected chi connectivity index (χ0v) is 25.0. The topological polar surface area (TPSA) is 86.8 Å². The summed E-state index contributed by atoms with van der Waals surface area (Å²) in [6.45, 7) is 6.32. The van der Waals surface area contributed by atoms with Gasteiger partial charge in [0, 0.05) is 28.2 Å². The molecule has 0 aliphatic carbocycles. The van der Waals surface area contributed by atoms with Gasteiger partial charge in [-0.15, -0.1) is 0 Å². The maximum atomic E-state index is 13.9. The minimum Gasteiger partial charge on any atom is -0.352 e. The van der Waals surface area contributed by atoms with Crippen molar-refractivity contribution in [3.63, 3.8) is 0 Å². The number of sulfonamides is 1. The van der Waals surface area contributed by atoms with E-state index in [0.29, 0.717) is 22.0 Å². The summed E-state index contributed by atoms with van der Waals surface area (Å²) in [6, 6.07) is 14.7. The second kappa shape index (κ2) is 13.5. The van der Waals surface area contributed by atoms with Crippen molar-refractivity contribution in [1.29, 1.82) is 0 Å². The Morgan fingerprint density at radius 1 is 0.950 bits per heavy atom. The third-order valence-corrected chi connectivity index (χ3v) is 9.06. The summed E-state index contributed by atoms with van der Waals surface area (Å²) in [5.74, 6) is -1.66. The van der Waals surface area contributed by atoms with Crippen molar-refractivity contribution < 1.29 is 22.4 Å². The third-order valence-electron chi connectivity index (χ3n) is 6.56. The Balaban J connectivity index is 2.06. The fourth-order valence-corrected chi connectivity index (χ4v) is 5.81. The SMILES string of the molecule is CC[C@H](C)NC(=O)[C@@H](C)N(Cc1c(Cl)cccc1Cl)C(=O)CN(c1ccc(F)cc1)S(=O)(=O)c1ccc(C)cc1. The molecule has 3 aromatic carbocycles. The molecule has 0 aromatic heterocycles. The van der Waals surface area contributed by atoms with E-state index < -0.39 is 40.2 Å². The van der Waals surface area contributed by atoms with E-state index in [9.17, 15) is 22.4 Å². The number of halogens is 3. The number of nitrogens with one attached hydrogen (secondary N) is 1. The van der Waals surface area contributed by atoms with E-state index in [2.05, 4.69) is 5.32 Å². The summed E-state index contributed by atoms with van der Waals surface area (Å²) in [4.78, 5) is 28.3. The molecule has 214 valence electrons. The molecule has 3 aromatic rings. The summed E-state index contributed by atoms with van der Waals surface area (Å²) < 4.78 is 42.2. The van der Waals surface area contributed by atoms with Crippen LogP contribution < -0.4 is 9.62 Å². The van der Waals surface area contributed by atoms with Crippen molar-refractivity contribution in [1.82, 2.24) is 10.2 Å². The number of aryl methyl sites for hydroxylation is 1. The molecule has 0 bridgehead atoms. The molecule has 0 unspecified atom stereocenters. The maximum Gasteiger partial charge on any atom is 0.264 e. The molecule has 0 radical (unpaired) electrons. The monoisotopic (exact) mass is 607 g/mol. The van der Waals surface area contributed by atoms with Crippen molar-refractivity contribution in [3.05, 3.63) is 93.7 Å². The molecule has 3 rings (SSSR count). The standard InChI is InChI=1S/C29H32Cl2FN3O4S/c1-5-20(3)33-29(37)21(4)34(17-25-26(30)7-6-8-27(25)31)28(36)18-35(23-13-11-22(32)12-14-23)40(38,39)24-15-9-19(2)10-16-24/h6-16,20-21H,5,17-18H2,1-4H3,(H,33,37)/t20-,21+/m0/s1. The minimum absolute atomic E-state index is 0.0431. The van der Waals surface area contributed by atoms with Crippen LogP contribution in [-0.4, -0.2) is 43.8 Å². The summed E-state index contributed by atoms with van der Waals surface area (Å²) in [5, 5.41) is 3.45. The Kier molecular flexibility index (Phi) is 10.6. The second-order valence-electron chi connectivity index (χ2n) is 9.52. The van der Waals surface area contributed by atoms with Gasteiger partial charge in [0.1, 0.15) is 18.4 Å². The summed E-state index contributed by atoms with van der Waals surface area (Å²) in [5.41, 5.74) is 1.35. The van der Waals surface area contributed by atoms with Gasteiger partial charge in [-0.2, -0.15) is 0 Å². The Hall–Kier alpha value is -3.14. The second-order valence-corrected chi connectivity index (χ2v) is 12.2. The van der Waals surface area contributed by atoms with E-state index in [0.717, 1.165) is 22.0 Å². The fourth-order valence-electron chi connectivity index (χ4n) is 3.88. The van der Waals surface area contributed by atoms with Gasteiger partial charge in [-0.05, 0) is 75.7 Å². The van der Waals surface area contributed by atoms with Crippen molar-refractivity contribution in [2.24, 2.45) is 0 Å². The first-order chi connectivity index (χ1) is 18.8. The van der Waals surface area contributed by atoms with Crippen LogP contribution in [0.25, 0.3) is 0 Å². The van der Waals surface area contributed by atoms with Gasteiger partial charge in [0.15, 0.2) is 0 Å². The van der Waals surface area contributed by atoms with E-state index in [-0.39, 0.29) is 23.2 Å². The molecule has 0 saturated carbocycles. The number of amides is 2. The lowest BCUT2D eigenvalue weighted by atomic mass is 10.1. The number of carbonyl (C=O) groups is 2. The highest BCUT2D eigenvalue weighted by Gasteiger charge is 2.33. The van der Waals surface area contributed by atoms with Crippen LogP contribution >= 0.6 is 23.2 Å². The molecule has 11 heteroatoms. The fraction of sp³-hybridized carbons (Fsp3) is 0.310. The van der Waals surface area contributed by atoms with E-state index in [4.69, 9.17) is 23.2 Å². The molecule has 0 heterocycles. The van der Waals surface area contributed by atoms with Gasteiger partial charge in [0.25, 0.3) is 10.0 Å². The molecule has 0 aliphatic rings. The van der Waals surface area contributed by atoms with Gasteiger partial charge in [0.05, 0.1) is 10.6 Å². The highest BCUT2D eigenvalue weighted by atomic mass is 35.5. The zero-order chi connectivity index (χ0) is 29.6. The number of benzene rings is 3. The molecule has 0 fully saturated rings. The highest BCUT2D eigenvalue weighted by molar-refractivity contribution is 7.92. The van der Waals surface area contributed by atoms with E-state index in [1.165, 1.54) is 29.2 Å². The third kappa shape index (κ3) is 7.53. The van der Waals surface area contributed by atoms with E-state index in [1.807, 2.05) is 20.8 Å². The molecule has 2 amide bonds. The number of hydrogen-bond acceptors (Lipinski definition) is 4. The normalized spacial score (nSPS) is 12.9. The first kappa shape index (κ1) is 31.4. The summed E-state index contributed by atoms with van der Waals surface area (Å²) in [6.07, 6.45) is 0.676. The lowest BCUT2D eigenvalue weighted by Gasteiger charge is -2.32. The largest absolute Gasteiger partial charge is 0.352 e. The maximum absolute atomic E-state index is 13.9. The van der Waals surface area contributed by atoms with Crippen molar-refractivity contribution in [2.45, 2.75) is 57.6 Å². The molecule has 40 heavy (non-hydrogen) atoms. The summed E-state index contributed by atoms with van der Waals surface area (Å²) in [7, 11) is -4.26. The van der Waals surface area contributed by atoms with Crippen molar-refractivity contribution >= 4 is 50.7 Å². The van der Waals surface area contributed by atoms with Gasteiger partial charge >= 0.3 is 0 Å². The summed E-state index contributed by atoms with van der Waals surface area (Å²) >= 11 is 12.8. The predicted octanol–water partition coefficient (Wildman–Crippen LogP) is 5.97. The number of carbonyl (C=O) groups excluding carboxylic acids is 2. The van der Waals surface area contributed by atoms with Gasteiger partial charge in [-0.3, -0.25) is 13.9 Å². The Morgan fingerprint density at radius 2 is 1.52 bits per heavy atom. The number of rotatable bonds is 11. The molecule has 2 atom stereocenters. The van der Waals surface area contributed by atoms with Crippen molar-refractivity contribution in [2.75, 3.05) is 10.8 Å². The zero-order valence-electron chi connectivity index (χ0n) is 22.7. The van der Waals surface area contributed by atoms with Gasteiger partial charge < -0.3 is 10.2 Å². The van der Waals surface area contributed by atoms with Gasteiger partial charge in [-0.1, -0.05) is 53.9 Å². The lowest BCUT2D eigenvalue weighted by molar-refractivity contribution is -0.139. The van der Waals surface area contributed by atoms with Crippen LogP contribution in [0.1, 0.15) is 38.3 Å². The van der Waals surface area contributed by atoms with Crippen LogP contribution in [0.2, 0.25) is 10.0 Å². The lowest BCUT2D eigenvalue weighted by Crippen LogP contribution is -2.52. The molecule has 0 spiro atoms. The van der Waals surface area contributed by atoms with E-state index in [1.54, 1.807) is 37.3 Å². The number of nitrogens with zero attached hydrogens (tertiary/aromatic N) is 2. The van der Waals surface area contributed by atoms with Crippen LogP contribution in [-0.2, 0) is 26.2 Å². The first-order valence-electron chi connectivity index (χ1n) is 12.7. The van der Waals surface area contributed by atoms with Crippen LogP contribution in [0.15, 0.2) is 71.6 Å². The smallest absolute Gasteiger partial charge is 0.264 e. The minimum atomic E-state index is -4.26. The molecular weight excluding hydrogens is 576 g/mol. The quantitative estimate of drug-likeness (QED) is 0.291. The average molecular weight is 609 g/mol. The molecule has 0 saturated heterocycles. The van der Waals surface area contributed by atoms with E-state index >= 15 is 0 Å². The molecular formula is C29H32Cl2FN3O4S. The number of anilines is 1. The average Bonchev–Trinajstić information content (AvgIpc) is 2.91. The van der Waals surface area contributed by atoms with Crippen LogP contribution in [0.4, 0.5) is 10.1 Å². The highest BCUT2D eigenvalue weighted by Crippen LogP contribution is 2.28. The van der Waals surface area contributed by atoms with Crippen LogP contribution in [0, 0.1) is 12.7 Å². The van der Waals surface area contributed by atoms with Gasteiger partial charge in [0.2, 0.25) is 11.8 Å². The number of hydrogen-bond donors (Lipinski definition) is 1. The Labute approximate surface area is 244 Å². The molecule has 0 aliphatic heterocycles. The Bertz CT molecular complexity index is 1430. The molecule has 7 nitrogen and oxygen atoms in total.